The Morgan fingerprint density at radius 2 is 2.00 bits per heavy atom. The lowest BCUT2D eigenvalue weighted by Gasteiger charge is -2.16. The van der Waals surface area contributed by atoms with Crippen LogP contribution in [0.2, 0.25) is 0 Å². The highest BCUT2D eigenvalue weighted by atomic mass is 127. The lowest BCUT2D eigenvalue weighted by molar-refractivity contribution is 0.165. The summed E-state index contributed by atoms with van der Waals surface area (Å²) in [5.41, 5.74) is 1.33. The molecule has 0 fully saturated rings. The normalized spacial score (nSPS) is 31.2. The molecule has 2 aliphatic rings. The number of rotatable bonds is 0. The minimum atomic E-state index is 0. The van der Waals surface area contributed by atoms with Gasteiger partial charge >= 0.3 is 0 Å². The Hall–Kier alpha value is -0.250. The first-order valence-electron chi connectivity index (χ1n) is 3.97. The molecule has 0 spiro atoms. The molecule has 2 heteroatoms. The van der Waals surface area contributed by atoms with Crippen molar-refractivity contribution in [2.45, 2.75) is 20.0 Å². The Labute approximate surface area is 90.2 Å². The Balaban J connectivity index is 0.000000720. The van der Waals surface area contributed by atoms with Crippen molar-refractivity contribution in [2.75, 3.05) is 0 Å². The van der Waals surface area contributed by atoms with Gasteiger partial charge in [-0.25, -0.2) is 0 Å². The Kier molecular flexibility index (Phi) is 2.99. The highest BCUT2D eigenvalue weighted by Crippen LogP contribution is 2.29. The van der Waals surface area contributed by atoms with Gasteiger partial charge in [0.1, 0.15) is 6.10 Å². The minimum absolute atomic E-state index is 0. The molecule has 0 radical (unpaired) electrons. The van der Waals surface area contributed by atoms with Crippen LogP contribution in [0.4, 0.5) is 0 Å². The molecule has 0 aromatic rings. The number of halogens is 1. The molecule has 0 aromatic carbocycles. The molecule has 2 unspecified atom stereocenters. The molecule has 1 heterocycles. The molecule has 0 saturated heterocycles. The maximum Gasteiger partial charge on any atom is 0.126 e. The van der Waals surface area contributed by atoms with Gasteiger partial charge in [0.2, 0.25) is 0 Å². The Morgan fingerprint density at radius 1 is 1.25 bits per heavy atom. The van der Waals surface area contributed by atoms with Crippen molar-refractivity contribution in [1.29, 1.82) is 0 Å². The molecule has 0 saturated carbocycles. The third kappa shape index (κ3) is 1.73. The van der Waals surface area contributed by atoms with Crippen LogP contribution in [0.5, 0.6) is 0 Å². The molecule has 1 aliphatic heterocycles. The van der Waals surface area contributed by atoms with Crippen LogP contribution in [0, 0.1) is 5.92 Å². The van der Waals surface area contributed by atoms with Gasteiger partial charge in [0.25, 0.3) is 0 Å². The second kappa shape index (κ2) is 3.64. The third-order valence-electron chi connectivity index (χ3n) is 2.13. The quantitative estimate of drug-likeness (QED) is 0.618. The summed E-state index contributed by atoms with van der Waals surface area (Å²) in [4.78, 5) is 0. The predicted molar refractivity (Wildman–Crippen MR) is 60.4 cm³/mol. The van der Waals surface area contributed by atoms with Crippen LogP contribution < -0.4 is 0 Å². The van der Waals surface area contributed by atoms with E-state index in [-0.39, 0.29) is 30.1 Å². The fourth-order valence-electron chi connectivity index (χ4n) is 1.61. The van der Waals surface area contributed by atoms with Gasteiger partial charge in [0, 0.05) is 5.92 Å². The zero-order valence-electron chi connectivity index (χ0n) is 7.28. The molecule has 0 aromatic heterocycles. The standard InChI is InChI=1S/C10H12O.HI/c1-7-3-4-10-9(5-7)6-8(2)11-10;/h3-6,9-10H,1-2H3;1H. The summed E-state index contributed by atoms with van der Waals surface area (Å²) in [6, 6.07) is 0. The molecule has 1 aliphatic carbocycles. The average Bonchev–Trinajstić information content (AvgIpc) is 2.27. The van der Waals surface area contributed by atoms with Gasteiger partial charge in [-0.3, -0.25) is 0 Å². The van der Waals surface area contributed by atoms with Gasteiger partial charge in [-0.1, -0.05) is 17.7 Å². The summed E-state index contributed by atoms with van der Waals surface area (Å²) in [7, 11) is 0. The van der Waals surface area contributed by atoms with E-state index in [4.69, 9.17) is 4.74 Å². The van der Waals surface area contributed by atoms with Crippen molar-refractivity contribution >= 4 is 24.0 Å². The molecular weight excluding hydrogens is 263 g/mol. The van der Waals surface area contributed by atoms with Crippen molar-refractivity contribution in [3.8, 4) is 0 Å². The van der Waals surface area contributed by atoms with E-state index in [0.29, 0.717) is 5.92 Å². The summed E-state index contributed by atoms with van der Waals surface area (Å²) >= 11 is 0. The lowest BCUT2D eigenvalue weighted by atomic mass is 9.95. The summed E-state index contributed by atoms with van der Waals surface area (Å²) in [5, 5.41) is 0. The van der Waals surface area contributed by atoms with Gasteiger partial charge in [0.05, 0.1) is 5.76 Å². The zero-order valence-corrected chi connectivity index (χ0v) is 9.61. The highest BCUT2D eigenvalue weighted by molar-refractivity contribution is 14.0. The van der Waals surface area contributed by atoms with Gasteiger partial charge < -0.3 is 4.74 Å². The maximum absolute atomic E-state index is 5.54. The summed E-state index contributed by atoms with van der Waals surface area (Å²) in [6.07, 6.45) is 8.96. The van der Waals surface area contributed by atoms with Crippen molar-refractivity contribution in [2.24, 2.45) is 5.92 Å². The monoisotopic (exact) mass is 276 g/mol. The van der Waals surface area contributed by atoms with Crippen LogP contribution in [0.15, 0.2) is 35.6 Å². The first kappa shape index (κ1) is 9.84. The molecule has 0 amide bonds. The van der Waals surface area contributed by atoms with Crippen molar-refractivity contribution < 1.29 is 4.74 Å². The molecule has 2 rings (SSSR count). The van der Waals surface area contributed by atoms with Gasteiger partial charge in [-0.05, 0) is 26.0 Å². The van der Waals surface area contributed by atoms with Crippen LogP contribution in [0.25, 0.3) is 0 Å². The largest absolute Gasteiger partial charge is 0.490 e. The second-order valence-electron chi connectivity index (χ2n) is 3.21. The van der Waals surface area contributed by atoms with Crippen LogP contribution >= 0.6 is 24.0 Å². The van der Waals surface area contributed by atoms with Crippen molar-refractivity contribution in [1.82, 2.24) is 0 Å². The molecule has 2 atom stereocenters. The van der Waals surface area contributed by atoms with Crippen LogP contribution in [0.1, 0.15) is 13.8 Å². The van der Waals surface area contributed by atoms with Crippen LogP contribution in [-0.2, 0) is 4.74 Å². The molecule has 12 heavy (non-hydrogen) atoms. The Morgan fingerprint density at radius 3 is 2.75 bits per heavy atom. The number of fused-ring (bicyclic) bond motifs is 1. The van der Waals surface area contributed by atoms with E-state index in [2.05, 4.69) is 31.2 Å². The fraction of sp³-hybridized carbons (Fsp3) is 0.400. The molecule has 0 bridgehead atoms. The number of allylic oxidation sites excluding steroid dienone is 3. The molecule has 0 N–H and O–H groups in total. The molecular formula is C10H13IO. The van der Waals surface area contributed by atoms with E-state index >= 15 is 0 Å². The van der Waals surface area contributed by atoms with E-state index in [1.54, 1.807) is 0 Å². The lowest BCUT2D eigenvalue weighted by Crippen LogP contribution is -2.14. The molecule has 1 nitrogen and oxygen atoms in total. The third-order valence-corrected chi connectivity index (χ3v) is 2.13. The van der Waals surface area contributed by atoms with E-state index in [0.717, 1.165) is 5.76 Å². The summed E-state index contributed by atoms with van der Waals surface area (Å²) < 4.78 is 5.54. The zero-order chi connectivity index (χ0) is 7.84. The maximum atomic E-state index is 5.54. The topological polar surface area (TPSA) is 9.23 Å². The summed E-state index contributed by atoms with van der Waals surface area (Å²) in [6.45, 7) is 4.13. The highest BCUT2D eigenvalue weighted by Gasteiger charge is 2.25. The SMILES string of the molecule is CC1=CC2C=C(C)OC2C=C1.I. The van der Waals surface area contributed by atoms with Gasteiger partial charge in [0.15, 0.2) is 0 Å². The van der Waals surface area contributed by atoms with Crippen molar-refractivity contribution in [3.63, 3.8) is 0 Å². The first-order chi connectivity index (χ1) is 5.25. The Bertz CT molecular complexity index is 263. The van der Waals surface area contributed by atoms with E-state index < -0.39 is 0 Å². The van der Waals surface area contributed by atoms with Crippen LogP contribution in [-0.4, -0.2) is 6.10 Å². The summed E-state index contributed by atoms with van der Waals surface area (Å²) in [5.74, 6) is 1.54. The number of hydrogen-bond acceptors (Lipinski definition) is 1. The number of ether oxygens (including phenoxy) is 1. The fourth-order valence-corrected chi connectivity index (χ4v) is 1.61. The number of hydrogen-bond donors (Lipinski definition) is 0. The predicted octanol–water partition coefficient (Wildman–Crippen LogP) is 3.04. The second-order valence-corrected chi connectivity index (χ2v) is 3.21. The van der Waals surface area contributed by atoms with E-state index in [1.165, 1.54) is 5.57 Å². The van der Waals surface area contributed by atoms with Gasteiger partial charge in [-0.2, -0.15) is 0 Å². The average molecular weight is 276 g/mol. The van der Waals surface area contributed by atoms with Crippen molar-refractivity contribution in [3.05, 3.63) is 35.6 Å². The van der Waals surface area contributed by atoms with E-state index in [1.807, 2.05) is 6.92 Å². The van der Waals surface area contributed by atoms with Crippen LogP contribution in [0.3, 0.4) is 0 Å². The van der Waals surface area contributed by atoms with Gasteiger partial charge in [-0.15, -0.1) is 24.0 Å². The van der Waals surface area contributed by atoms with E-state index in [9.17, 15) is 0 Å². The smallest absolute Gasteiger partial charge is 0.126 e. The minimum Gasteiger partial charge on any atom is -0.490 e. The molecule has 66 valence electrons. The first-order valence-corrected chi connectivity index (χ1v) is 3.97.